The van der Waals surface area contributed by atoms with E-state index in [4.69, 9.17) is 10.5 Å². The Morgan fingerprint density at radius 2 is 2.00 bits per heavy atom. The predicted octanol–water partition coefficient (Wildman–Crippen LogP) is 2.71. The van der Waals surface area contributed by atoms with E-state index < -0.39 is 0 Å². The van der Waals surface area contributed by atoms with Gasteiger partial charge in [-0.25, -0.2) is 5.10 Å². The molecule has 0 aliphatic rings. The fraction of sp³-hybridized carbons (Fsp3) is 0.136. The van der Waals surface area contributed by atoms with Crippen molar-refractivity contribution in [2.45, 2.75) is 6.54 Å². The van der Waals surface area contributed by atoms with Crippen LogP contribution in [0, 0.1) is 0 Å². The number of fused-ring (bicyclic) bond motifs is 2. The van der Waals surface area contributed by atoms with Crippen LogP contribution in [0.3, 0.4) is 0 Å². The van der Waals surface area contributed by atoms with Crippen LogP contribution >= 0.6 is 0 Å². The number of aryl methyl sites for hydroxylation is 1. The van der Waals surface area contributed by atoms with Gasteiger partial charge in [0.1, 0.15) is 0 Å². The molecule has 0 fully saturated rings. The van der Waals surface area contributed by atoms with Gasteiger partial charge in [0.15, 0.2) is 5.88 Å². The molecule has 0 unspecified atom stereocenters. The highest BCUT2D eigenvalue weighted by atomic mass is 16.5. The van der Waals surface area contributed by atoms with E-state index >= 15 is 0 Å². The van der Waals surface area contributed by atoms with E-state index in [1.54, 1.807) is 13.2 Å². The molecule has 0 atom stereocenters. The molecule has 0 aliphatic heterocycles. The molecule has 5 rings (SSSR count). The number of rotatable bonds is 4. The van der Waals surface area contributed by atoms with Crippen LogP contribution < -0.4 is 16.0 Å². The van der Waals surface area contributed by atoms with Crippen LogP contribution in [0.25, 0.3) is 38.8 Å². The number of aromatic amines is 1. The predicted molar refractivity (Wildman–Crippen MR) is 115 cm³/mol. The van der Waals surface area contributed by atoms with Gasteiger partial charge >= 0.3 is 0 Å². The summed E-state index contributed by atoms with van der Waals surface area (Å²) in [6, 6.07) is 15.7. The molecular formula is C22H20N6O2. The molecule has 4 aromatic heterocycles. The summed E-state index contributed by atoms with van der Waals surface area (Å²) >= 11 is 0. The summed E-state index contributed by atoms with van der Waals surface area (Å²) in [7, 11) is 3.57. The number of benzene rings is 1. The Morgan fingerprint density at radius 3 is 2.80 bits per heavy atom. The fourth-order valence-electron chi connectivity index (χ4n) is 3.97. The first-order valence-electron chi connectivity index (χ1n) is 9.51. The highest BCUT2D eigenvalue weighted by molar-refractivity contribution is 5.91. The number of nitrogens with zero attached hydrogens (tertiary/aromatic N) is 4. The average Bonchev–Trinajstić information content (AvgIpc) is 3.36. The van der Waals surface area contributed by atoms with E-state index in [2.05, 4.69) is 25.8 Å². The van der Waals surface area contributed by atoms with Crippen LogP contribution in [0.4, 0.5) is 0 Å². The number of nitrogens with one attached hydrogen (secondary N) is 1. The van der Waals surface area contributed by atoms with E-state index in [1.807, 2.05) is 54.3 Å². The average molecular weight is 400 g/mol. The van der Waals surface area contributed by atoms with Crippen molar-refractivity contribution in [2.75, 3.05) is 7.11 Å². The summed E-state index contributed by atoms with van der Waals surface area (Å²) in [5.74, 6) is 0.735. The Balaban J connectivity index is 1.78. The minimum Gasteiger partial charge on any atom is -0.482 e. The molecule has 5 aromatic rings. The van der Waals surface area contributed by atoms with Gasteiger partial charge in [0.2, 0.25) is 0 Å². The van der Waals surface area contributed by atoms with E-state index in [-0.39, 0.29) is 12.1 Å². The molecule has 150 valence electrons. The molecule has 8 heteroatoms. The van der Waals surface area contributed by atoms with Gasteiger partial charge in [-0.05, 0) is 42.0 Å². The number of hydrogen-bond acceptors (Lipinski definition) is 5. The van der Waals surface area contributed by atoms with E-state index in [0.717, 1.165) is 39.3 Å². The monoisotopic (exact) mass is 400 g/mol. The second kappa shape index (κ2) is 6.85. The van der Waals surface area contributed by atoms with Crippen LogP contribution in [0.1, 0.15) is 5.69 Å². The largest absolute Gasteiger partial charge is 0.482 e. The zero-order chi connectivity index (χ0) is 20.8. The van der Waals surface area contributed by atoms with Gasteiger partial charge in [-0.1, -0.05) is 12.1 Å². The molecule has 0 amide bonds. The molecule has 0 spiro atoms. The third-order valence-electron chi connectivity index (χ3n) is 5.40. The number of hydrogen-bond donors (Lipinski definition) is 2. The standard InChI is InChI=1S/C22H20N6O2/c1-27-21(19-9-7-14-4-3-5-20(30-2)28(14)19)17(12-24-27)13-6-8-15-16(10-13)18(11-23)25-26-22(15)29/h3-10,12H,11,23H2,1-2H3,(H,26,29). The van der Waals surface area contributed by atoms with Gasteiger partial charge in [0.05, 0.1) is 35.8 Å². The summed E-state index contributed by atoms with van der Waals surface area (Å²) in [6.07, 6.45) is 1.83. The number of aromatic nitrogens is 5. The molecule has 0 bridgehead atoms. The molecular weight excluding hydrogens is 380 g/mol. The first kappa shape index (κ1) is 18.1. The quantitative estimate of drug-likeness (QED) is 0.483. The number of pyridine rings is 1. The number of ether oxygens (including phenoxy) is 1. The summed E-state index contributed by atoms with van der Waals surface area (Å²) in [4.78, 5) is 12.2. The van der Waals surface area contributed by atoms with Crippen molar-refractivity contribution < 1.29 is 4.74 Å². The highest BCUT2D eigenvalue weighted by Crippen LogP contribution is 2.35. The van der Waals surface area contributed by atoms with Crippen molar-refractivity contribution in [1.82, 2.24) is 24.4 Å². The van der Waals surface area contributed by atoms with E-state index in [9.17, 15) is 4.79 Å². The first-order chi connectivity index (χ1) is 14.6. The lowest BCUT2D eigenvalue weighted by atomic mass is 10.0. The normalized spacial score (nSPS) is 11.4. The Hall–Kier alpha value is -3.91. The fourth-order valence-corrected chi connectivity index (χ4v) is 3.97. The zero-order valence-electron chi connectivity index (χ0n) is 16.6. The molecule has 0 aliphatic carbocycles. The number of methoxy groups -OCH3 is 1. The van der Waals surface area contributed by atoms with Crippen molar-refractivity contribution >= 4 is 16.3 Å². The van der Waals surface area contributed by atoms with Gasteiger partial charge in [0.25, 0.3) is 5.56 Å². The van der Waals surface area contributed by atoms with Crippen LogP contribution in [-0.4, -0.2) is 31.5 Å². The van der Waals surface area contributed by atoms with E-state index in [1.165, 1.54) is 0 Å². The SMILES string of the molecule is COc1cccc2ccc(-c3c(-c4ccc5c(=O)[nH]nc(CN)c5c4)cnn3C)n12. The molecule has 0 saturated carbocycles. The Morgan fingerprint density at radius 1 is 1.13 bits per heavy atom. The maximum Gasteiger partial charge on any atom is 0.272 e. The third kappa shape index (κ3) is 2.61. The Kier molecular flexibility index (Phi) is 4.14. The summed E-state index contributed by atoms with van der Waals surface area (Å²) in [5, 5.41) is 12.4. The maximum absolute atomic E-state index is 12.2. The maximum atomic E-state index is 12.2. The van der Waals surface area contributed by atoms with Crippen LogP contribution in [0.2, 0.25) is 0 Å². The second-order valence-corrected chi connectivity index (χ2v) is 7.04. The van der Waals surface area contributed by atoms with E-state index in [0.29, 0.717) is 11.1 Å². The minimum absolute atomic E-state index is 0.233. The van der Waals surface area contributed by atoms with Crippen molar-refractivity contribution in [3.05, 3.63) is 70.8 Å². The van der Waals surface area contributed by atoms with Gasteiger partial charge < -0.3 is 10.5 Å². The van der Waals surface area contributed by atoms with Crippen molar-refractivity contribution in [1.29, 1.82) is 0 Å². The van der Waals surface area contributed by atoms with Crippen molar-refractivity contribution in [2.24, 2.45) is 12.8 Å². The topological polar surface area (TPSA) is 103 Å². The first-order valence-corrected chi connectivity index (χ1v) is 9.51. The van der Waals surface area contributed by atoms with Crippen molar-refractivity contribution in [3.63, 3.8) is 0 Å². The summed E-state index contributed by atoms with van der Waals surface area (Å²) < 4.78 is 9.48. The zero-order valence-corrected chi connectivity index (χ0v) is 16.6. The Labute approximate surface area is 171 Å². The van der Waals surface area contributed by atoms with Gasteiger partial charge in [0, 0.05) is 30.1 Å². The molecule has 4 heterocycles. The summed E-state index contributed by atoms with van der Waals surface area (Å²) in [5.41, 5.74) is 11.0. The lowest BCUT2D eigenvalue weighted by Gasteiger charge is -2.12. The lowest BCUT2D eigenvalue weighted by Crippen LogP contribution is -2.13. The number of nitrogens with two attached hydrogens (primary N) is 1. The lowest BCUT2D eigenvalue weighted by molar-refractivity contribution is 0.393. The molecule has 30 heavy (non-hydrogen) atoms. The third-order valence-corrected chi connectivity index (χ3v) is 5.40. The van der Waals surface area contributed by atoms with Crippen LogP contribution in [-0.2, 0) is 13.6 Å². The summed E-state index contributed by atoms with van der Waals surface area (Å²) in [6.45, 7) is 0.233. The Bertz CT molecular complexity index is 1460. The van der Waals surface area contributed by atoms with Crippen molar-refractivity contribution in [3.8, 4) is 28.4 Å². The molecule has 0 saturated heterocycles. The minimum atomic E-state index is -0.234. The molecule has 1 aromatic carbocycles. The van der Waals surface area contributed by atoms with Gasteiger partial charge in [-0.15, -0.1) is 0 Å². The molecule has 0 radical (unpaired) electrons. The second-order valence-electron chi connectivity index (χ2n) is 7.04. The molecule has 8 nitrogen and oxygen atoms in total. The van der Waals surface area contributed by atoms with Gasteiger partial charge in [-0.2, -0.15) is 10.2 Å². The smallest absolute Gasteiger partial charge is 0.272 e. The van der Waals surface area contributed by atoms with Crippen LogP contribution in [0.15, 0.2) is 59.5 Å². The number of H-pyrrole nitrogens is 1. The van der Waals surface area contributed by atoms with Crippen LogP contribution in [0.5, 0.6) is 5.88 Å². The molecule has 3 N–H and O–H groups in total. The highest BCUT2D eigenvalue weighted by Gasteiger charge is 2.18. The van der Waals surface area contributed by atoms with Gasteiger partial charge in [-0.3, -0.25) is 13.9 Å².